The third-order valence-corrected chi connectivity index (χ3v) is 5.23. The highest BCUT2D eigenvalue weighted by Gasteiger charge is 2.30. The molecule has 1 fully saturated rings. The second-order valence-electron chi connectivity index (χ2n) is 5.17. The Kier molecular flexibility index (Phi) is 4.92. The Balaban J connectivity index is 2.10. The van der Waals surface area contributed by atoms with Crippen LogP contribution in [0.15, 0.2) is 0 Å². The molecule has 4 nitrogen and oxygen atoms in total. The number of sulfone groups is 1. The van der Waals surface area contributed by atoms with Crippen LogP contribution < -0.4 is 4.74 Å². The van der Waals surface area contributed by atoms with E-state index in [1.165, 1.54) is 0 Å². The number of hydrogen-bond donors (Lipinski definition) is 0. The lowest BCUT2D eigenvalue weighted by molar-refractivity contribution is -0.136. The predicted octanol–water partition coefficient (Wildman–Crippen LogP) is 2.50. The Morgan fingerprint density at radius 1 is 0.913 bits per heavy atom. The van der Waals surface area contributed by atoms with Crippen LogP contribution in [0.4, 0.5) is 22.0 Å². The summed E-state index contributed by atoms with van der Waals surface area (Å²) in [6.07, 6.45) is -0.0575. The molecule has 1 aliphatic rings. The standard InChI is InChI=1S/C13H11F5O4S/c14-8-9(15)11(17)13(12(18)10(8)16)22-7(19)5-6-1-3-23(20,21)4-2-6/h6H,1-5H2. The zero-order valence-electron chi connectivity index (χ0n) is 11.5. The fourth-order valence-electron chi connectivity index (χ4n) is 2.21. The summed E-state index contributed by atoms with van der Waals surface area (Å²) >= 11 is 0. The summed E-state index contributed by atoms with van der Waals surface area (Å²) in [7, 11) is -3.15. The first-order valence-electron chi connectivity index (χ1n) is 6.55. The van der Waals surface area contributed by atoms with Crippen LogP contribution >= 0.6 is 0 Å². The largest absolute Gasteiger partial charge is 0.420 e. The predicted molar refractivity (Wildman–Crippen MR) is 67.9 cm³/mol. The lowest BCUT2D eigenvalue weighted by Gasteiger charge is -2.20. The molecule has 1 aromatic carbocycles. The highest BCUT2D eigenvalue weighted by atomic mass is 32.2. The molecule has 0 unspecified atom stereocenters. The first-order valence-corrected chi connectivity index (χ1v) is 8.37. The second-order valence-corrected chi connectivity index (χ2v) is 7.48. The van der Waals surface area contributed by atoms with Gasteiger partial charge in [0.25, 0.3) is 0 Å². The molecule has 0 bridgehead atoms. The molecule has 128 valence electrons. The van der Waals surface area contributed by atoms with Gasteiger partial charge in [-0.05, 0) is 18.8 Å². The molecule has 1 aliphatic heterocycles. The lowest BCUT2D eigenvalue weighted by Crippen LogP contribution is -2.26. The van der Waals surface area contributed by atoms with Gasteiger partial charge in [-0.3, -0.25) is 4.79 Å². The molecule has 0 saturated carbocycles. The average molecular weight is 358 g/mol. The van der Waals surface area contributed by atoms with Crippen LogP contribution in [0.5, 0.6) is 5.75 Å². The Labute approximate surface area is 128 Å². The smallest absolute Gasteiger partial charge is 0.311 e. The summed E-state index contributed by atoms with van der Waals surface area (Å²) in [5, 5.41) is 0. The first-order chi connectivity index (χ1) is 10.6. The van der Waals surface area contributed by atoms with Crippen LogP contribution in [-0.4, -0.2) is 25.9 Å². The van der Waals surface area contributed by atoms with E-state index in [-0.39, 0.29) is 30.8 Å². The molecule has 2 rings (SSSR count). The molecule has 0 spiro atoms. The van der Waals surface area contributed by atoms with Crippen molar-refractivity contribution in [3.8, 4) is 5.75 Å². The number of halogens is 5. The zero-order valence-corrected chi connectivity index (χ0v) is 12.4. The van der Waals surface area contributed by atoms with Crippen molar-refractivity contribution in [2.75, 3.05) is 11.5 Å². The van der Waals surface area contributed by atoms with Gasteiger partial charge in [0.15, 0.2) is 0 Å². The average Bonchev–Trinajstić information content (AvgIpc) is 2.50. The summed E-state index contributed by atoms with van der Waals surface area (Å²) < 4.78 is 92.3. The van der Waals surface area contributed by atoms with Crippen molar-refractivity contribution in [1.29, 1.82) is 0 Å². The normalized spacial score (nSPS) is 18.0. The fourth-order valence-corrected chi connectivity index (χ4v) is 3.80. The fraction of sp³-hybridized carbons (Fsp3) is 0.462. The van der Waals surface area contributed by atoms with E-state index in [4.69, 9.17) is 0 Å². The van der Waals surface area contributed by atoms with Crippen LogP contribution in [0.1, 0.15) is 19.3 Å². The molecule has 0 aromatic heterocycles. The molecule has 0 radical (unpaired) electrons. The molecule has 1 saturated heterocycles. The van der Waals surface area contributed by atoms with E-state index in [0.29, 0.717) is 0 Å². The van der Waals surface area contributed by atoms with E-state index >= 15 is 0 Å². The molecular weight excluding hydrogens is 347 g/mol. The first kappa shape index (κ1) is 17.6. The molecule has 1 heterocycles. The van der Waals surface area contributed by atoms with Gasteiger partial charge in [0.2, 0.25) is 34.8 Å². The van der Waals surface area contributed by atoms with Crippen molar-refractivity contribution in [3.05, 3.63) is 29.1 Å². The Hall–Kier alpha value is -1.71. The number of esters is 1. The molecule has 0 N–H and O–H groups in total. The topological polar surface area (TPSA) is 60.4 Å². The van der Waals surface area contributed by atoms with E-state index in [1.807, 2.05) is 0 Å². The number of rotatable bonds is 3. The summed E-state index contributed by atoms with van der Waals surface area (Å²) in [4.78, 5) is 11.6. The second kappa shape index (κ2) is 6.42. The quantitative estimate of drug-likeness (QED) is 0.274. The number of benzene rings is 1. The van der Waals surface area contributed by atoms with Crippen molar-refractivity contribution in [3.63, 3.8) is 0 Å². The maximum atomic E-state index is 13.4. The molecule has 0 atom stereocenters. The van der Waals surface area contributed by atoms with Crippen LogP contribution in [0.3, 0.4) is 0 Å². The van der Waals surface area contributed by atoms with Gasteiger partial charge in [-0.1, -0.05) is 0 Å². The van der Waals surface area contributed by atoms with Crippen molar-refractivity contribution in [2.45, 2.75) is 19.3 Å². The van der Waals surface area contributed by atoms with Gasteiger partial charge in [0.05, 0.1) is 11.5 Å². The van der Waals surface area contributed by atoms with Crippen LogP contribution in [0.2, 0.25) is 0 Å². The number of carbonyl (C=O) groups excluding carboxylic acids is 1. The third-order valence-electron chi connectivity index (χ3n) is 3.51. The Bertz CT molecular complexity index is 704. The minimum Gasteiger partial charge on any atom is -0.420 e. The lowest BCUT2D eigenvalue weighted by atomic mass is 9.99. The Morgan fingerprint density at radius 2 is 1.35 bits per heavy atom. The van der Waals surface area contributed by atoms with Gasteiger partial charge in [0.1, 0.15) is 9.84 Å². The summed E-state index contributed by atoms with van der Waals surface area (Å²) in [6.45, 7) is 0. The molecule has 23 heavy (non-hydrogen) atoms. The van der Waals surface area contributed by atoms with Crippen molar-refractivity contribution < 1.29 is 39.9 Å². The van der Waals surface area contributed by atoms with Gasteiger partial charge < -0.3 is 4.74 Å². The number of ether oxygens (including phenoxy) is 1. The number of hydrogen-bond acceptors (Lipinski definition) is 4. The van der Waals surface area contributed by atoms with E-state index in [0.717, 1.165) is 0 Å². The Morgan fingerprint density at radius 3 is 1.83 bits per heavy atom. The van der Waals surface area contributed by atoms with Gasteiger partial charge in [-0.25, -0.2) is 21.6 Å². The highest BCUT2D eigenvalue weighted by molar-refractivity contribution is 7.91. The van der Waals surface area contributed by atoms with E-state index in [9.17, 15) is 35.2 Å². The van der Waals surface area contributed by atoms with Gasteiger partial charge in [0, 0.05) is 6.42 Å². The van der Waals surface area contributed by atoms with Gasteiger partial charge in [-0.2, -0.15) is 8.78 Å². The molecule has 0 aliphatic carbocycles. The zero-order chi connectivity index (χ0) is 17.4. The van der Waals surface area contributed by atoms with Gasteiger partial charge >= 0.3 is 5.97 Å². The van der Waals surface area contributed by atoms with Gasteiger partial charge in [-0.15, -0.1) is 0 Å². The highest BCUT2D eigenvalue weighted by Crippen LogP contribution is 2.30. The van der Waals surface area contributed by atoms with Crippen LogP contribution in [-0.2, 0) is 14.6 Å². The SMILES string of the molecule is O=C(CC1CCS(=O)(=O)CC1)Oc1c(F)c(F)c(F)c(F)c1F. The van der Waals surface area contributed by atoms with Crippen molar-refractivity contribution in [2.24, 2.45) is 5.92 Å². The maximum Gasteiger partial charge on any atom is 0.311 e. The van der Waals surface area contributed by atoms with Crippen LogP contribution in [0.25, 0.3) is 0 Å². The molecule has 10 heteroatoms. The third kappa shape index (κ3) is 3.80. The maximum absolute atomic E-state index is 13.4. The van der Waals surface area contributed by atoms with E-state index in [2.05, 4.69) is 4.74 Å². The summed E-state index contributed by atoms with van der Waals surface area (Å²) in [5.74, 6) is -14.8. The van der Waals surface area contributed by atoms with E-state index in [1.54, 1.807) is 0 Å². The number of carbonyl (C=O) groups is 1. The van der Waals surface area contributed by atoms with E-state index < -0.39 is 56.6 Å². The molecule has 1 aromatic rings. The summed E-state index contributed by atoms with van der Waals surface area (Å²) in [6, 6.07) is 0. The molecular formula is C13H11F5O4S. The molecule has 0 amide bonds. The minimum absolute atomic E-state index is 0.131. The minimum atomic E-state index is -3.15. The monoisotopic (exact) mass is 358 g/mol. The van der Waals surface area contributed by atoms with Crippen molar-refractivity contribution in [1.82, 2.24) is 0 Å². The summed E-state index contributed by atoms with van der Waals surface area (Å²) in [5.41, 5.74) is 0. The van der Waals surface area contributed by atoms with Crippen LogP contribution in [0, 0.1) is 35.0 Å². The van der Waals surface area contributed by atoms with Crippen molar-refractivity contribution >= 4 is 15.8 Å².